The predicted octanol–water partition coefficient (Wildman–Crippen LogP) is 2.96. The highest BCUT2D eigenvalue weighted by Crippen LogP contribution is 2.33. The van der Waals surface area contributed by atoms with Gasteiger partial charge in [0.2, 0.25) is 0 Å². The number of thioether (sulfide) groups is 1. The molecule has 0 aromatic carbocycles. The van der Waals surface area contributed by atoms with Gasteiger partial charge >= 0.3 is 0 Å². The van der Waals surface area contributed by atoms with E-state index in [2.05, 4.69) is 58.2 Å². The van der Waals surface area contributed by atoms with E-state index < -0.39 is 0 Å². The molecule has 0 spiro atoms. The zero-order valence-electron chi connectivity index (χ0n) is 12.4. The van der Waals surface area contributed by atoms with E-state index in [1.165, 1.54) is 13.1 Å². The summed E-state index contributed by atoms with van der Waals surface area (Å²) >= 11 is 2.11. The summed E-state index contributed by atoms with van der Waals surface area (Å²) in [5.74, 6) is 0. The molecule has 0 aliphatic carbocycles. The molecule has 0 bridgehead atoms. The van der Waals surface area contributed by atoms with E-state index >= 15 is 0 Å². The van der Waals surface area contributed by atoms with E-state index in [4.69, 9.17) is 5.73 Å². The topological polar surface area (TPSA) is 29.3 Å². The van der Waals surface area contributed by atoms with Crippen molar-refractivity contribution in [3.8, 4) is 0 Å². The van der Waals surface area contributed by atoms with Crippen molar-refractivity contribution >= 4 is 11.8 Å². The van der Waals surface area contributed by atoms with Gasteiger partial charge in [0.05, 0.1) is 0 Å². The van der Waals surface area contributed by atoms with Gasteiger partial charge in [0.1, 0.15) is 0 Å². The van der Waals surface area contributed by atoms with Crippen molar-refractivity contribution in [1.82, 2.24) is 4.90 Å². The Kier molecular flexibility index (Phi) is 5.36. The molecule has 1 fully saturated rings. The molecule has 0 aromatic rings. The molecule has 0 aromatic heterocycles. The summed E-state index contributed by atoms with van der Waals surface area (Å²) in [5, 5.41) is 1.46. The minimum absolute atomic E-state index is 0.261. The second-order valence-corrected chi connectivity index (χ2v) is 8.48. The molecule has 1 aliphatic rings. The quantitative estimate of drug-likeness (QED) is 0.844. The second-order valence-electron chi connectivity index (χ2n) is 6.59. The Labute approximate surface area is 112 Å². The maximum absolute atomic E-state index is 6.38. The molecule has 3 heteroatoms. The van der Waals surface area contributed by atoms with Crippen molar-refractivity contribution in [1.29, 1.82) is 0 Å². The van der Waals surface area contributed by atoms with Crippen molar-refractivity contribution in [3.05, 3.63) is 0 Å². The lowest BCUT2D eigenvalue weighted by atomic mass is 9.80. The van der Waals surface area contributed by atoms with Gasteiger partial charge in [-0.15, -0.1) is 0 Å². The molecule has 2 N–H and O–H groups in total. The summed E-state index contributed by atoms with van der Waals surface area (Å²) in [7, 11) is 0. The van der Waals surface area contributed by atoms with Gasteiger partial charge in [-0.1, -0.05) is 41.5 Å². The van der Waals surface area contributed by atoms with Crippen LogP contribution in [0.2, 0.25) is 0 Å². The fourth-order valence-electron chi connectivity index (χ4n) is 3.13. The third-order valence-electron chi connectivity index (χ3n) is 3.61. The van der Waals surface area contributed by atoms with Crippen molar-refractivity contribution < 1.29 is 0 Å². The average Bonchev–Trinajstić information content (AvgIpc) is 2.13. The molecule has 0 saturated carbocycles. The number of nitrogens with two attached hydrogens (primary N) is 1. The SMILES string of the molecule is CCC(N)C(N1CC(C)SC(C)C1)C(C)(C)C. The molecule has 2 nitrogen and oxygen atoms in total. The van der Waals surface area contributed by atoms with Crippen LogP contribution in [0.25, 0.3) is 0 Å². The lowest BCUT2D eigenvalue weighted by molar-refractivity contribution is 0.0748. The zero-order chi connectivity index (χ0) is 13.2. The van der Waals surface area contributed by atoms with Crippen LogP contribution in [0.3, 0.4) is 0 Å². The van der Waals surface area contributed by atoms with Crippen LogP contribution in [0.1, 0.15) is 48.0 Å². The van der Waals surface area contributed by atoms with Gasteiger partial charge in [-0.3, -0.25) is 4.90 Å². The van der Waals surface area contributed by atoms with Crippen LogP contribution < -0.4 is 5.73 Å². The van der Waals surface area contributed by atoms with E-state index in [-0.39, 0.29) is 11.5 Å². The summed E-state index contributed by atoms with van der Waals surface area (Å²) in [6, 6.07) is 0.788. The molecular formula is C14H30N2S. The van der Waals surface area contributed by atoms with Crippen molar-refractivity contribution in [2.45, 2.75) is 70.5 Å². The first-order chi connectivity index (χ1) is 7.75. The van der Waals surface area contributed by atoms with Crippen LogP contribution in [0.4, 0.5) is 0 Å². The largest absolute Gasteiger partial charge is 0.326 e. The van der Waals surface area contributed by atoms with Crippen molar-refractivity contribution in [2.24, 2.45) is 11.1 Å². The summed E-state index contributed by atoms with van der Waals surface area (Å²) < 4.78 is 0. The van der Waals surface area contributed by atoms with Gasteiger partial charge in [0.15, 0.2) is 0 Å². The molecule has 102 valence electrons. The fraction of sp³-hybridized carbons (Fsp3) is 1.00. The van der Waals surface area contributed by atoms with Crippen LogP contribution in [-0.4, -0.2) is 40.6 Å². The third kappa shape index (κ3) is 4.15. The minimum atomic E-state index is 0.261. The molecule has 1 aliphatic heterocycles. The second kappa shape index (κ2) is 5.94. The standard InChI is InChI=1S/C14H30N2S/c1-7-12(15)13(14(4,5)6)16-8-10(2)17-11(3)9-16/h10-13H,7-9,15H2,1-6H3. The van der Waals surface area contributed by atoms with Crippen LogP contribution in [-0.2, 0) is 0 Å². The molecule has 0 amide bonds. The summed E-state index contributed by atoms with van der Waals surface area (Å²) in [5.41, 5.74) is 6.64. The normalized spacial score (nSPS) is 31.2. The van der Waals surface area contributed by atoms with Crippen LogP contribution in [0.15, 0.2) is 0 Å². The van der Waals surface area contributed by atoms with E-state index in [1.54, 1.807) is 0 Å². The van der Waals surface area contributed by atoms with Gasteiger partial charge < -0.3 is 5.73 Å². The van der Waals surface area contributed by atoms with Gasteiger partial charge in [-0.25, -0.2) is 0 Å². The first-order valence-electron chi connectivity index (χ1n) is 6.90. The summed E-state index contributed by atoms with van der Waals surface area (Å²) in [6.45, 7) is 16.2. The molecule has 1 rings (SSSR count). The predicted molar refractivity (Wildman–Crippen MR) is 79.6 cm³/mol. The Balaban J connectivity index is 2.82. The van der Waals surface area contributed by atoms with Crippen molar-refractivity contribution in [3.63, 3.8) is 0 Å². The van der Waals surface area contributed by atoms with Gasteiger partial charge in [-0.05, 0) is 11.8 Å². The Hall–Kier alpha value is 0.270. The van der Waals surface area contributed by atoms with E-state index in [0.717, 1.165) is 16.9 Å². The smallest absolute Gasteiger partial charge is 0.0296 e. The maximum atomic E-state index is 6.38. The van der Waals surface area contributed by atoms with Crippen LogP contribution in [0.5, 0.6) is 0 Å². The van der Waals surface area contributed by atoms with E-state index in [1.807, 2.05) is 0 Å². The van der Waals surface area contributed by atoms with Gasteiger partial charge in [0.25, 0.3) is 0 Å². The maximum Gasteiger partial charge on any atom is 0.0296 e. The fourth-order valence-corrected chi connectivity index (χ4v) is 4.48. The Bertz CT molecular complexity index is 227. The van der Waals surface area contributed by atoms with Gasteiger partial charge in [-0.2, -0.15) is 11.8 Å². The zero-order valence-corrected chi connectivity index (χ0v) is 13.2. The molecule has 0 radical (unpaired) electrons. The lowest BCUT2D eigenvalue weighted by Crippen LogP contribution is -2.58. The highest BCUT2D eigenvalue weighted by molar-refractivity contribution is 8.00. The Morgan fingerprint density at radius 3 is 2.06 bits per heavy atom. The Morgan fingerprint density at radius 2 is 1.71 bits per heavy atom. The molecule has 17 heavy (non-hydrogen) atoms. The molecule has 1 saturated heterocycles. The number of nitrogens with zero attached hydrogens (tertiary/aromatic N) is 1. The average molecular weight is 258 g/mol. The van der Waals surface area contributed by atoms with Crippen LogP contribution in [0, 0.1) is 5.41 Å². The first kappa shape index (κ1) is 15.3. The monoisotopic (exact) mass is 258 g/mol. The molecule has 4 unspecified atom stereocenters. The molecule has 1 heterocycles. The number of hydrogen-bond acceptors (Lipinski definition) is 3. The third-order valence-corrected chi connectivity index (χ3v) is 4.83. The minimum Gasteiger partial charge on any atom is -0.326 e. The van der Waals surface area contributed by atoms with Crippen LogP contribution >= 0.6 is 11.8 Å². The molecule has 4 atom stereocenters. The lowest BCUT2D eigenvalue weighted by Gasteiger charge is -2.47. The highest BCUT2D eigenvalue weighted by atomic mass is 32.2. The molecular weight excluding hydrogens is 228 g/mol. The first-order valence-corrected chi connectivity index (χ1v) is 7.85. The van der Waals surface area contributed by atoms with E-state index in [0.29, 0.717) is 6.04 Å². The van der Waals surface area contributed by atoms with Gasteiger partial charge in [0, 0.05) is 35.7 Å². The van der Waals surface area contributed by atoms with Crippen molar-refractivity contribution in [2.75, 3.05) is 13.1 Å². The highest BCUT2D eigenvalue weighted by Gasteiger charge is 2.37. The Morgan fingerprint density at radius 1 is 1.24 bits per heavy atom. The van der Waals surface area contributed by atoms with E-state index in [9.17, 15) is 0 Å². The summed E-state index contributed by atoms with van der Waals surface area (Å²) in [6.07, 6.45) is 1.06. The number of hydrogen-bond donors (Lipinski definition) is 1. The summed E-state index contributed by atoms with van der Waals surface area (Å²) in [4.78, 5) is 2.64. The number of rotatable bonds is 3.